The first kappa shape index (κ1) is 52.2. The molecule has 1 aliphatic rings. The lowest BCUT2D eigenvalue weighted by Crippen LogP contribution is -2.61. The second-order valence-corrected chi connectivity index (χ2v) is 16.7. The van der Waals surface area contributed by atoms with Gasteiger partial charge in [0.15, 0.2) is 11.9 Å². The van der Waals surface area contributed by atoms with Crippen LogP contribution in [0.4, 0.5) is 0 Å². The Balaban J connectivity index is 3.89. The summed E-state index contributed by atoms with van der Waals surface area (Å²) >= 11 is 1.41. The van der Waals surface area contributed by atoms with E-state index in [0.29, 0.717) is 5.75 Å². The minimum absolute atomic E-state index is 0.0205. The molecule has 1 saturated heterocycles. The van der Waals surface area contributed by atoms with E-state index in [-0.39, 0.29) is 81.8 Å². The number of aliphatic hydroxyl groups excluding tert-OH is 1. The number of rotatable bonds is 17. The van der Waals surface area contributed by atoms with Gasteiger partial charge in [0.1, 0.15) is 42.3 Å². The SMILES string of the molecule is CSCC[C@@H]1NC(=O)[C@H](CCCN=C(N)N)NC(=O)[C@H](CC(C)C)NC(=O)[C@H](CC(C)C)NC(=O)[C@H](C(C)C)NC(=O)[C@H](CO)NC(=O)[C@H](CCCN=C(N)N)NC1=O. The van der Waals surface area contributed by atoms with Gasteiger partial charge in [0.2, 0.25) is 41.4 Å². The average molecular weight is 856 g/mol. The standard InChI is InChI=1S/C37H69N13O8S/c1-19(2)16-25-32(55)45-22(10-8-13-42-36(38)39)29(52)46-24(12-15-59-7)31(54)44-23(11-9-14-43-37(40)41)30(53)49-27(18-51)34(57)50-28(21(5)6)35(58)48-26(17-20(3)4)33(56)47-25/h19-28,51H,8-18H2,1-7H3,(H,44,54)(H,45,55)(H,46,52)(H,47,56)(H,48,58)(H,49,53)(H,50,57)(H4,38,39,42)(H4,40,41,43)/t22-,23-,24-,25-,26-,27-,28-/m0/s1. The van der Waals surface area contributed by atoms with Gasteiger partial charge in [-0.1, -0.05) is 41.5 Å². The number of nitrogens with two attached hydrogens (primary N) is 4. The topological polar surface area (TPSA) is 353 Å². The molecule has 1 aliphatic heterocycles. The van der Waals surface area contributed by atoms with Gasteiger partial charge in [0, 0.05) is 13.1 Å². The first-order chi connectivity index (χ1) is 27.7. The van der Waals surface area contributed by atoms with Crippen LogP contribution in [0.2, 0.25) is 0 Å². The third-order valence-electron chi connectivity index (χ3n) is 9.14. The number of guanidine groups is 2. The van der Waals surface area contributed by atoms with Crippen molar-refractivity contribution in [3.8, 4) is 0 Å². The Labute approximate surface area is 351 Å². The fourth-order valence-electron chi connectivity index (χ4n) is 6.06. The molecule has 21 nitrogen and oxygen atoms in total. The molecular formula is C37H69N13O8S. The van der Waals surface area contributed by atoms with Gasteiger partial charge in [-0.05, 0) is 74.7 Å². The van der Waals surface area contributed by atoms with Crippen molar-refractivity contribution in [3.63, 3.8) is 0 Å². The van der Waals surface area contributed by atoms with Crippen LogP contribution in [0.5, 0.6) is 0 Å². The number of nitrogens with zero attached hydrogens (tertiary/aromatic N) is 2. The van der Waals surface area contributed by atoms with Gasteiger partial charge in [-0.25, -0.2) is 0 Å². The molecule has 0 aromatic carbocycles. The van der Waals surface area contributed by atoms with Gasteiger partial charge in [-0.15, -0.1) is 0 Å². The maximum Gasteiger partial charge on any atom is 0.245 e. The largest absolute Gasteiger partial charge is 0.394 e. The minimum Gasteiger partial charge on any atom is -0.394 e. The Hall–Kier alpha value is -4.86. The summed E-state index contributed by atoms with van der Waals surface area (Å²) in [4.78, 5) is 105. The third kappa shape index (κ3) is 20.1. The van der Waals surface area contributed by atoms with Crippen LogP contribution in [0.15, 0.2) is 9.98 Å². The molecule has 7 atom stereocenters. The summed E-state index contributed by atoms with van der Waals surface area (Å²) < 4.78 is 0. The molecule has 0 bridgehead atoms. The van der Waals surface area contributed by atoms with E-state index in [2.05, 4.69) is 47.2 Å². The molecule has 0 aromatic heterocycles. The second-order valence-electron chi connectivity index (χ2n) is 15.7. The number of nitrogens with one attached hydrogen (secondary N) is 7. The molecule has 7 amide bonds. The van der Waals surface area contributed by atoms with Gasteiger partial charge in [0.05, 0.1) is 6.61 Å². The quantitative estimate of drug-likeness (QED) is 0.0395. The minimum atomic E-state index is -1.56. The van der Waals surface area contributed by atoms with Crippen molar-refractivity contribution >= 4 is 65.0 Å². The van der Waals surface area contributed by atoms with Crippen molar-refractivity contribution in [3.05, 3.63) is 0 Å². The van der Waals surface area contributed by atoms with E-state index in [1.165, 1.54) is 11.8 Å². The number of thioether (sulfide) groups is 1. The van der Waals surface area contributed by atoms with Crippen molar-refractivity contribution < 1.29 is 38.7 Å². The summed E-state index contributed by atoms with van der Waals surface area (Å²) in [7, 11) is 0. The molecule has 1 fully saturated rings. The number of aliphatic imine (C=N–C) groups is 2. The Bertz CT molecular complexity index is 1470. The molecule has 336 valence electrons. The van der Waals surface area contributed by atoms with Crippen LogP contribution in [0.3, 0.4) is 0 Å². The Morgan fingerprint density at radius 2 is 0.881 bits per heavy atom. The fraction of sp³-hybridized carbons (Fsp3) is 0.757. The number of carbonyl (C=O) groups excluding carboxylic acids is 7. The van der Waals surface area contributed by atoms with Crippen LogP contribution in [0.25, 0.3) is 0 Å². The number of hydrogen-bond donors (Lipinski definition) is 12. The fourth-order valence-corrected chi connectivity index (χ4v) is 6.53. The average Bonchev–Trinajstić information content (AvgIpc) is 3.14. The summed E-state index contributed by atoms with van der Waals surface area (Å²) in [6.45, 7) is 10.1. The number of amides is 7. The van der Waals surface area contributed by atoms with Gasteiger partial charge in [-0.2, -0.15) is 11.8 Å². The monoisotopic (exact) mass is 856 g/mol. The maximum absolute atomic E-state index is 14.0. The van der Waals surface area contributed by atoms with E-state index in [9.17, 15) is 38.7 Å². The van der Waals surface area contributed by atoms with Crippen molar-refractivity contribution in [2.45, 2.75) is 129 Å². The van der Waals surface area contributed by atoms with E-state index in [0.717, 1.165) is 0 Å². The zero-order chi connectivity index (χ0) is 44.8. The van der Waals surface area contributed by atoms with E-state index < -0.39 is 96.2 Å². The summed E-state index contributed by atoms with van der Waals surface area (Å²) in [5.41, 5.74) is 21.9. The van der Waals surface area contributed by atoms with E-state index >= 15 is 0 Å². The molecule has 0 aliphatic carbocycles. The van der Waals surface area contributed by atoms with Gasteiger partial charge < -0.3 is 65.3 Å². The normalized spacial score (nSPS) is 24.5. The van der Waals surface area contributed by atoms with Gasteiger partial charge in [-0.3, -0.25) is 43.5 Å². The molecule has 0 spiro atoms. The zero-order valence-corrected chi connectivity index (χ0v) is 36.3. The Morgan fingerprint density at radius 1 is 0.542 bits per heavy atom. The molecule has 1 rings (SSSR count). The predicted octanol–water partition coefficient (Wildman–Crippen LogP) is -3.01. The van der Waals surface area contributed by atoms with Crippen LogP contribution >= 0.6 is 11.8 Å². The second kappa shape index (κ2) is 27.0. The Kier molecular flexibility index (Phi) is 23.9. The van der Waals surface area contributed by atoms with Crippen LogP contribution in [-0.4, -0.2) is 132 Å². The van der Waals surface area contributed by atoms with Crippen molar-refractivity contribution in [1.82, 2.24) is 37.2 Å². The van der Waals surface area contributed by atoms with E-state index in [1.807, 2.05) is 34.0 Å². The van der Waals surface area contributed by atoms with Crippen LogP contribution in [-0.2, 0) is 33.6 Å². The van der Waals surface area contributed by atoms with Crippen LogP contribution in [0.1, 0.15) is 86.5 Å². The first-order valence-electron chi connectivity index (χ1n) is 20.0. The molecule has 16 N–H and O–H groups in total. The molecule has 0 unspecified atom stereocenters. The maximum atomic E-state index is 14.0. The molecule has 0 saturated carbocycles. The van der Waals surface area contributed by atoms with E-state index in [1.54, 1.807) is 13.8 Å². The highest BCUT2D eigenvalue weighted by Crippen LogP contribution is 2.13. The summed E-state index contributed by atoms with van der Waals surface area (Å²) in [6, 6.07) is -8.78. The summed E-state index contributed by atoms with van der Waals surface area (Å²) in [6.07, 6.45) is 2.73. The molecule has 59 heavy (non-hydrogen) atoms. The molecule has 22 heteroatoms. The van der Waals surface area contributed by atoms with Gasteiger partial charge in [0.25, 0.3) is 0 Å². The molecular weight excluding hydrogens is 787 g/mol. The summed E-state index contributed by atoms with van der Waals surface area (Å²) in [5.74, 6) is -5.93. The molecule has 0 aromatic rings. The first-order valence-corrected chi connectivity index (χ1v) is 21.4. The Morgan fingerprint density at radius 3 is 1.24 bits per heavy atom. The highest BCUT2D eigenvalue weighted by molar-refractivity contribution is 7.98. The van der Waals surface area contributed by atoms with Crippen molar-refractivity contribution in [1.29, 1.82) is 0 Å². The van der Waals surface area contributed by atoms with Gasteiger partial charge >= 0.3 is 0 Å². The molecule has 0 radical (unpaired) electrons. The predicted molar refractivity (Wildman–Crippen MR) is 227 cm³/mol. The van der Waals surface area contributed by atoms with Crippen LogP contribution < -0.4 is 60.2 Å². The lowest BCUT2D eigenvalue weighted by atomic mass is 9.98. The lowest BCUT2D eigenvalue weighted by molar-refractivity contribution is -0.136. The summed E-state index contributed by atoms with van der Waals surface area (Å²) in [5, 5.41) is 28.9. The highest BCUT2D eigenvalue weighted by Gasteiger charge is 2.36. The van der Waals surface area contributed by atoms with Crippen LogP contribution in [0, 0.1) is 17.8 Å². The highest BCUT2D eigenvalue weighted by atomic mass is 32.2. The third-order valence-corrected chi connectivity index (χ3v) is 9.79. The number of aliphatic hydroxyl groups is 1. The lowest BCUT2D eigenvalue weighted by Gasteiger charge is -2.29. The number of hydrogen-bond acceptors (Lipinski definition) is 11. The zero-order valence-electron chi connectivity index (χ0n) is 35.5. The molecule has 1 heterocycles. The number of carbonyl (C=O) groups is 7. The smallest absolute Gasteiger partial charge is 0.245 e. The van der Waals surface area contributed by atoms with Crippen molar-refractivity contribution in [2.24, 2.45) is 50.7 Å². The van der Waals surface area contributed by atoms with E-state index in [4.69, 9.17) is 22.9 Å². The van der Waals surface area contributed by atoms with Crippen molar-refractivity contribution in [2.75, 3.05) is 31.7 Å².